The summed E-state index contributed by atoms with van der Waals surface area (Å²) < 4.78 is 57.8. The third kappa shape index (κ3) is 16.3. The number of nitro groups is 1. The van der Waals surface area contributed by atoms with Crippen molar-refractivity contribution in [3.8, 4) is 0 Å². The van der Waals surface area contributed by atoms with E-state index < -0.39 is 55.4 Å². The summed E-state index contributed by atoms with van der Waals surface area (Å²) in [5.41, 5.74) is 1.63. The van der Waals surface area contributed by atoms with E-state index >= 15 is 0 Å². The van der Waals surface area contributed by atoms with Gasteiger partial charge < -0.3 is 31.7 Å². The van der Waals surface area contributed by atoms with E-state index in [1.807, 2.05) is 17.8 Å². The number of carbonyl (C=O) groups excluding carboxylic acids is 5. The van der Waals surface area contributed by atoms with Gasteiger partial charge in [0.2, 0.25) is 37.6 Å². The van der Waals surface area contributed by atoms with Gasteiger partial charge in [-0.1, -0.05) is 92.6 Å². The van der Waals surface area contributed by atoms with Crippen LogP contribution in [-0.4, -0.2) is 131 Å². The highest BCUT2D eigenvalue weighted by atomic mass is 32.2. The Labute approximate surface area is 469 Å². The van der Waals surface area contributed by atoms with E-state index in [4.69, 9.17) is 0 Å². The monoisotopic (exact) mass is 1160 g/mol. The molecule has 0 radical (unpaired) electrons. The Balaban J connectivity index is 0.920. The number of benzene rings is 4. The number of fused-ring (bicyclic) bond motifs is 1. The molecule has 0 aliphatic carbocycles. The average molecular weight is 1160 g/mol. The molecule has 0 bridgehead atoms. The van der Waals surface area contributed by atoms with Gasteiger partial charge in [-0.15, -0.1) is 5.10 Å². The second-order valence-corrected chi connectivity index (χ2v) is 25.6. The van der Waals surface area contributed by atoms with Crippen LogP contribution in [0.1, 0.15) is 105 Å². The summed E-state index contributed by atoms with van der Waals surface area (Å²) in [4.78, 5) is 74.1. The lowest BCUT2D eigenvalue weighted by molar-refractivity contribution is -0.384. The Morgan fingerprint density at radius 1 is 0.812 bits per heavy atom. The van der Waals surface area contributed by atoms with Gasteiger partial charge in [0.05, 0.1) is 56.6 Å². The lowest BCUT2D eigenvalue weighted by atomic mass is 9.99. The van der Waals surface area contributed by atoms with Crippen molar-refractivity contribution < 1.29 is 50.8 Å². The summed E-state index contributed by atoms with van der Waals surface area (Å²) in [6.45, 7) is 5.04. The van der Waals surface area contributed by atoms with Gasteiger partial charge >= 0.3 is 6.03 Å². The fraction of sp³-hybridized carbons (Fsp3) is 0.436. The van der Waals surface area contributed by atoms with Crippen LogP contribution in [0.5, 0.6) is 0 Å². The van der Waals surface area contributed by atoms with Crippen LogP contribution in [0.4, 0.5) is 10.5 Å². The van der Waals surface area contributed by atoms with E-state index in [1.54, 1.807) is 69.3 Å². The van der Waals surface area contributed by atoms with E-state index in [1.165, 1.54) is 29.1 Å². The highest BCUT2D eigenvalue weighted by Gasteiger charge is 2.42. The zero-order valence-electron chi connectivity index (χ0n) is 44.7. The van der Waals surface area contributed by atoms with Gasteiger partial charge in [-0.05, 0) is 74.4 Å². The lowest BCUT2D eigenvalue weighted by Gasteiger charge is -2.28. The van der Waals surface area contributed by atoms with Crippen LogP contribution in [0.3, 0.4) is 0 Å². The normalized spacial score (nSPS) is 17.2. The summed E-state index contributed by atoms with van der Waals surface area (Å²) >= 11 is 1.85. The number of rotatable bonds is 30. The molecule has 0 spiro atoms. The molecule has 22 nitrogen and oxygen atoms in total. The van der Waals surface area contributed by atoms with Gasteiger partial charge in [0.1, 0.15) is 11.7 Å². The summed E-state index contributed by atoms with van der Waals surface area (Å²) in [6, 6.07) is 22.9. The second kappa shape index (κ2) is 27.9. The number of urea groups is 1. The number of hydrogen-bond donors (Lipinski definition) is 6. The summed E-state index contributed by atoms with van der Waals surface area (Å²) in [5, 5.41) is 45.9. The fourth-order valence-corrected chi connectivity index (χ4v) is 14.0. The second-order valence-electron chi connectivity index (χ2n) is 20.4. The molecule has 1 unspecified atom stereocenters. The number of carbonyl (C=O) groups is 5. The topological polar surface area (TPSA) is 311 Å². The van der Waals surface area contributed by atoms with Crippen molar-refractivity contribution in [2.24, 2.45) is 5.92 Å². The van der Waals surface area contributed by atoms with Gasteiger partial charge in [0.15, 0.2) is 5.78 Å². The summed E-state index contributed by atoms with van der Waals surface area (Å²) in [6.07, 6.45) is 5.15. The van der Waals surface area contributed by atoms with Gasteiger partial charge in [-0.25, -0.2) is 26.3 Å². The minimum absolute atomic E-state index is 0.0299. The number of sulfone groups is 1. The Morgan fingerprint density at radius 2 is 1.50 bits per heavy atom. The number of amides is 5. The number of aromatic nitrogens is 3. The first-order chi connectivity index (χ1) is 38.2. The fourth-order valence-electron chi connectivity index (χ4n) is 9.38. The van der Waals surface area contributed by atoms with Crippen LogP contribution < -0.4 is 26.6 Å². The third-order valence-electron chi connectivity index (χ3n) is 13.9. The molecule has 25 heteroatoms. The van der Waals surface area contributed by atoms with Gasteiger partial charge in [0.25, 0.3) is 5.69 Å². The number of thioether (sulfide) groups is 1. The number of ketones is 1. The van der Waals surface area contributed by atoms with E-state index in [0.29, 0.717) is 54.2 Å². The molecule has 7 rings (SSSR count). The Morgan fingerprint density at radius 3 is 2.21 bits per heavy atom. The minimum atomic E-state index is -4.42. The first-order valence-corrected chi connectivity index (χ1v) is 30.6. The average Bonchev–Trinajstić information content (AvgIpc) is 4.21. The number of nitrogens with one attached hydrogen (secondary N) is 5. The smallest absolute Gasteiger partial charge is 0.315 e. The van der Waals surface area contributed by atoms with Crippen molar-refractivity contribution in [2.75, 3.05) is 25.4 Å². The number of aliphatic hydroxyl groups excluding tert-OH is 1. The van der Waals surface area contributed by atoms with Gasteiger partial charge in [-0.3, -0.25) is 29.3 Å². The van der Waals surface area contributed by atoms with E-state index in [0.717, 1.165) is 59.7 Å². The van der Waals surface area contributed by atoms with Gasteiger partial charge in [0, 0.05) is 73.2 Å². The maximum absolute atomic E-state index is 14.2. The first kappa shape index (κ1) is 60.6. The van der Waals surface area contributed by atoms with Gasteiger partial charge in [-0.2, -0.15) is 16.1 Å². The maximum Gasteiger partial charge on any atom is 0.315 e. The van der Waals surface area contributed by atoms with Crippen molar-refractivity contribution in [1.29, 1.82) is 0 Å². The van der Waals surface area contributed by atoms with Crippen LogP contribution in [0, 0.1) is 16.0 Å². The molecule has 1 aromatic heterocycles. The summed E-state index contributed by atoms with van der Waals surface area (Å²) in [7, 11) is -8.71. The number of nitrogens with zero attached hydrogens (tertiary/aromatic N) is 5. The van der Waals surface area contributed by atoms with Crippen LogP contribution in [0.15, 0.2) is 124 Å². The van der Waals surface area contributed by atoms with Crippen LogP contribution >= 0.6 is 11.8 Å². The van der Waals surface area contributed by atoms with E-state index in [2.05, 4.69) is 36.9 Å². The predicted octanol–water partition coefficient (Wildman–Crippen LogP) is 5.27. The highest BCUT2D eigenvalue weighted by molar-refractivity contribution is 8.00. The molecule has 428 valence electrons. The number of hydrogen-bond acceptors (Lipinski definition) is 15. The molecular weight excluding hydrogens is 1090 g/mol. The molecule has 6 atom stereocenters. The maximum atomic E-state index is 14.2. The molecule has 3 heterocycles. The standard InChI is InChI=1S/C55H68N10O12S3/c1-36(2)32-63(80(76,77)45-16-12-15-44(30-45)79(74,75)43-26-24-42(25-27-43)65(72)73)34-48(66)37(3)64-33-41(61-62-64)31-57-54(70)46(29-38-20-22-40(23-21-38)53(69)39-13-6-4-7-14-39)58-51(68)19-8-5-11-28-56-50(67)18-10-9-17-49-52-47(35-78-49)59-55(71)60-52/h4,6-7,12-16,20-27,30,33,36-37,46-49,52,66H,5,8-11,17-19,28-29,31-32,34-35H2,1-3H3,(H,56,67)(H,57,70)(H,58,68)(H2,59,60,71)/t37-,46-,47-,48?,49-,52-/m0/s1. The number of aliphatic hydroxyl groups is 1. The van der Waals surface area contributed by atoms with E-state index in [-0.39, 0.29) is 93.6 Å². The van der Waals surface area contributed by atoms with E-state index in [9.17, 15) is 56.0 Å². The zero-order valence-corrected chi connectivity index (χ0v) is 47.2. The van der Waals surface area contributed by atoms with Crippen molar-refractivity contribution in [1.82, 2.24) is 45.9 Å². The molecule has 0 saturated carbocycles. The number of sulfonamides is 1. The number of nitro benzene ring substituents is 1. The van der Waals surface area contributed by atoms with Crippen molar-refractivity contribution in [3.05, 3.63) is 142 Å². The molecular formula is C55H68N10O12S3. The minimum Gasteiger partial charge on any atom is -0.390 e. The SMILES string of the molecule is CC(C)CN(CC(O)[C@H](C)n1cc(CNC(=O)[C@H](Cc2ccc(C(=O)c3ccccc3)cc2)NC(=O)CCCCCNC(=O)CCCC[C@@H]2SC[C@@H]3NC(=O)N[C@@H]32)nn1)S(=O)(=O)c1cccc(S(=O)(=O)c2ccc([N+](=O)[O-])cc2)c1. The Hall–Kier alpha value is -7.06. The molecule has 80 heavy (non-hydrogen) atoms. The molecule has 2 aliphatic heterocycles. The lowest BCUT2D eigenvalue weighted by Crippen LogP contribution is -2.47. The first-order valence-electron chi connectivity index (χ1n) is 26.6. The van der Waals surface area contributed by atoms with Crippen LogP contribution in [0.2, 0.25) is 0 Å². The van der Waals surface area contributed by atoms with Crippen LogP contribution in [-0.2, 0) is 47.2 Å². The summed E-state index contributed by atoms with van der Waals surface area (Å²) in [5.74, 6) is -0.404. The predicted molar refractivity (Wildman–Crippen MR) is 299 cm³/mol. The van der Waals surface area contributed by atoms with Crippen molar-refractivity contribution >= 4 is 66.8 Å². The number of unbranched alkanes of at least 4 members (excludes halogenated alkanes) is 3. The Kier molecular flexibility index (Phi) is 21.1. The Bertz CT molecular complexity index is 3200. The molecule has 5 amide bonds. The van der Waals surface area contributed by atoms with Crippen molar-refractivity contribution in [2.45, 2.75) is 135 Å². The van der Waals surface area contributed by atoms with Crippen LogP contribution in [0.25, 0.3) is 0 Å². The number of non-ortho nitro benzene ring substituents is 1. The molecule has 2 fully saturated rings. The molecule has 5 aromatic rings. The highest BCUT2D eigenvalue weighted by Crippen LogP contribution is 2.33. The molecule has 6 N–H and O–H groups in total. The third-order valence-corrected chi connectivity index (χ3v) is 19.0. The molecule has 4 aromatic carbocycles. The molecule has 2 aliphatic rings. The van der Waals surface area contributed by atoms with Crippen molar-refractivity contribution in [3.63, 3.8) is 0 Å². The quantitative estimate of drug-likeness (QED) is 0.0112. The molecule has 2 saturated heterocycles. The zero-order chi connectivity index (χ0) is 57.6. The largest absolute Gasteiger partial charge is 0.390 e.